The van der Waals surface area contributed by atoms with Gasteiger partial charge in [0.25, 0.3) is 0 Å². The molecule has 106 valence electrons. The van der Waals surface area contributed by atoms with Gasteiger partial charge in [-0.3, -0.25) is 4.79 Å². The molecule has 0 saturated carbocycles. The van der Waals surface area contributed by atoms with Crippen LogP contribution in [-0.4, -0.2) is 30.6 Å². The summed E-state index contributed by atoms with van der Waals surface area (Å²) in [6.07, 6.45) is 2.96. The van der Waals surface area contributed by atoms with Gasteiger partial charge in [0, 0.05) is 24.4 Å². The summed E-state index contributed by atoms with van der Waals surface area (Å²) in [5.74, 6) is 1.20. The molecule has 20 heavy (non-hydrogen) atoms. The standard InChI is InChI=1S/C14H16N2O3S/c17-13(15-7-10-3-5-18-8-10)6-11-9-20-14(16-11)12-2-1-4-19-12/h1-2,4,9-10H,3,5-8H2,(H,15,17)/t10-/m0/s1. The second-order valence-electron chi connectivity index (χ2n) is 4.83. The van der Waals surface area contributed by atoms with E-state index in [1.807, 2.05) is 17.5 Å². The summed E-state index contributed by atoms with van der Waals surface area (Å²) in [4.78, 5) is 16.3. The monoisotopic (exact) mass is 292 g/mol. The molecule has 1 fully saturated rings. The second-order valence-corrected chi connectivity index (χ2v) is 5.69. The predicted octanol–water partition coefficient (Wildman–Crippen LogP) is 2.10. The Labute approximate surface area is 121 Å². The molecular weight excluding hydrogens is 276 g/mol. The van der Waals surface area contributed by atoms with Crippen molar-refractivity contribution < 1.29 is 13.9 Å². The SMILES string of the molecule is O=C(Cc1csc(-c2ccco2)n1)NC[C@@H]1CCOC1. The summed E-state index contributed by atoms with van der Waals surface area (Å²) < 4.78 is 10.6. The van der Waals surface area contributed by atoms with E-state index < -0.39 is 0 Å². The first-order valence-corrected chi connectivity index (χ1v) is 7.52. The van der Waals surface area contributed by atoms with Crippen molar-refractivity contribution in [1.82, 2.24) is 10.3 Å². The van der Waals surface area contributed by atoms with Gasteiger partial charge in [0.15, 0.2) is 10.8 Å². The van der Waals surface area contributed by atoms with Crippen molar-refractivity contribution in [1.29, 1.82) is 0 Å². The maximum atomic E-state index is 11.9. The summed E-state index contributed by atoms with van der Waals surface area (Å²) in [5.41, 5.74) is 0.779. The Bertz CT molecular complexity index is 559. The molecule has 6 heteroatoms. The highest BCUT2D eigenvalue weighted by Gasteiger charge is 2.17. The lowest BCUT2D eigenvalue weighted by atomic mass is 10.1. The summed E-state index contributed by atoms with van der Waals surface area (Å²) in [5, 5.41) is 5.65. The zero-order valence-electron chi connectivity index (χ0n) is 11.0. The van der Waals surface area contributed by atoms with Crippen molar-refractivity contribution in [2.24, 2.45) is 5.92 Å². The van der Waals surface area contributed by atoms with E-state index in [9.17, 15) is 4.79 Å². The van der Waals surface area contributed by atoms with Crippen molar-refractivity contribution in [3.63, 3.8) is 0 Å². The largest absolute Gasteiger partial charge is 0.462 e. The Balaban J connectivity index is 1.51. The lowest BCUT2D eigenvalue weighted by molar-refractivity contribution is -0.120. The van der Waals surface area contributed by atoms with Crippen LogP contribution in [0.3, 0.4) is 0 Å². The van der Waals surface area contributed by atoms with Crippen LogP contribution in [0, 0.1) is 5.92 Å². The third kappa shape index (κ3) is 3.26. The van der Waals surface area contributed by atoms with Crippen LogP contribution in [0.15, 0.2) is 28.2 Å². The molecule has 1 amide bonds. The number of ether oxygens (including phenoxy) is 1. The van der Waals surface area contributed by atoms with Crippen LogP contribution in [-0.2, 0) is 16.0 Å². The van der Waals surface area contributed by atoms with Crippen molar-refractivity contribution in [2.75, 3.05) is 19.8 Å². The number of furan rings is 1. The van der Waals surface area contributed by atoms with Gasteiger partial charge < -0.3 is 14.5 Å². The fourth-order valence-corrected chi connectivity index (χ4v) is 2.92. The molecule has 1 saturated heterocycles. The molecule has 0 radical (unpaired) electrons. The highest BCUT2D eigenvalue weighted by atomic mass is 32.1. The van der Waals surface area contributed by atoms with E-state index in [2.05, 4.69) is 10.3 Å². The maximum Gasteiger partial charge on any atom is 0.226 e. The molecule has 0 unspecified atom stereocenters. The van der Waals surface area contributed by atoms with Crippen LogP contribution in [0.1, 0.15) is 12.1 Å². The van der Waals surface area contributed by atoms with Gasteiger partial charge in [0.05, 0.1) is 25.0 Å². The van der Waals surface area contributed by atoms with E-state index >= 15 is 0 Å². The highest BCUT2D eigenvalue weighted by Crippen LogP contribution is 2.24. The number of carbonyl (C=O) groups excluding carboxylic acids is 1. The van der Waals surface area contributed by atoms with Gasteiger partial charge >= 0.3 is 0 Å². The van der Waals surface area contributed by atoms with Gasteiger partial charge in [-0.15, -0.1) is 11.3 Å². The van der Waals surface area contributed by atoms with E-state index in [1.54, 1.807) is 6.26 Å². The molecule has 1 N–H and O–H groups in total. The predicted molar refractivity (Wildman–Crippen MR) is 75.5 cm³/mol. The Morgan fingerprint density at radius 1 is 1.55 bits per heavy atom. The third-order valence-corrected chi connectivity index (χ3v) is 4.14. The van der Waals surface area contributed by atoms with Crippen molar-refractivity contribution in [3.05, 3.63) is 29.5 Å². The third-order valence-electron chi connectivity index (χ3n) is 3.24. The summed E-state index contributed by atoms with van der Waals surface area (Å²) in [6.45, 7) is 2.24. The van der Waals surface area contributed by atoms with Gasteiger partial charge in [-0.05, 0) is 18.6 Å². The average molecular weight is 292 g/mol. The number of nitrogens with zero attached hydrogens (tertiary/aromatic N) is 1. The van der Waals surface area contributed by atoms with Crippen molar-refractivity contribution in [2.45, 2.75) is 12.8 Å². The first-order valence-electron chi connectivity index (χ1n) is 6.64. The number of nitrogens with one attached hydrogen (secondary N) is 1. The topological polar surface area (TPSA) is 64.4 Å². The molecule has 0 spiro atoms. The minimum absolute atomic E-state index is 0.00759. The van der Waals surface area contributed by atoms with Crippen LogP contribution in [0.25, 0.3) is 10.8 Å². The molecular formula is C14H16N2O3S. The summed E-state index contributed by atoms with van der Waals surface area (Å²) in [6, 6.07) is 3.69. The molecule has 0 aromatic carbocycles. The first-order chi connectivity index (χ1) is 9.81. The van der Waals surface area contributed by atoms with Crippen LogP contribution >= 0.6 is 11.3 Å². The highest BCUT2D eigenvalue weighted by molar-refractivity contribution is 7.13. The van der Waals surface area contributed by atoms with Crippen LogP contribution in [0.4, 0.5) is 0 Å². The van der Waals surface area contributed by atoms with Gasteiger partial charge in [-0.2, -0.15) is 0 Å². The minimum Gasteiger partial charge on any atom is -0.462 e. The van der Waals surface area contributed by atoms with Crippen LogP contribution in [0.5, 0.6) is 0 Å². The van der Waals surface area contributed by atoms with E-state index in [-0.39, 0.29) is 5.91 Å². The molecule has 1 atom stereocenters. The number of hydrogen-bond donors (Lipinski definition) is 1. The molecule has 0 aliphatic carbocycles. The molecule has 1 aliphatic rings. The lowest BCUT2D eigenvalue weighted by Crippen LogP contribution is -2.30. The quantitative estimate of drug-likeness (QED) is 0.916. The lowest BCUT2D eigenvalue weighted by Gasteiger charge is -2.08. The fraction of sp³-hybridized carbons (Fsp3) is 0.429. The number of amides is 1. The second kappa shape index (κ2) is 6.19. The molecule has 2 aromatic heterocycles. The minimum atomic E-state index is 0.00759. The average Bonchev–Trinajstić information content (AvgIpc) is 3.18. The number of carbonyl (C=O) groups is 1. The molecule has 3 rings (SSSR count). The van der Waals surface area contributed by atoms with Gasteiger partial charge in [-0.1, -0.05) is 0 Å². The zero-order valence-corrected chi connectivity index (χ0v) is 11.8. The number of rotatable bonds is 5. The summed E-state index contributed by atoms with van der Waals surface area (Å²) >= 11 is 1.49. The molecule has 1 aliphatic heterocycles. The van der Waals surface area contributed by atoms with E-state index in [4.69, 9.17) is 9.15 Å². The van der Waals surface area contributed by atoms with E-state index in [1.165, 1.54) is 11.3 Å². The Hall–Kier alpha value is -1.66. The smallest absolute Gasteiger partial charge is 0.226 e. The van der Waals surface area contributed by atoms with Gasteiger partial charge in [0.2, 0.25) is 5.91 Å². The Morgan fingerprint density at radius 2 is 2.50 bits per heavy atom. The molecule has 2 aromatic rings. The van der Waals surface area contributed by atoms with E-state index in [0.717, 1.165) is 36.1 Å². The molecule has 0 bridgehead atoms. The molecule has 5 nitrogen and oxygen atoms in total. The number of thiazole rings is 1. The van der Waals surface area contributed by atoms with Crippen LogP contribution < -0.4 is 5.32 Å². The first kappa shape index (κ1) is 13.3. The van der Waals surface area contributed by atoms with Crippen LogP contribution in [0.2, 0.25) is 0 Å². The Morgan fingerprint density at radius 3 is 3.25 bits per heavy atom. The fourth-order valence-electron chi connectivity index (χ4n) is 2.13. The summed E-state index contributed by atoms with van der Waals surface area (Å²) in [7, 11) is 0. The van der Waals surface area contributed by atoms with E-state index in [0.29, 0.717) is 18.9 Å². The number of hydrogen-bond acceptors (Lipinski definition) is 5. The van der Waals surface area contributed by atoms with Gasteiger partial charge in [0.1, 0.15) is 0 Å². The zero-order chi connectivity index (χ0) is 13.8. The number of aromatic nitrogens is 1. The van der Waals surface area contributed by atoms with Crippen molar-refractivity contribution >= 4 is 17.2 Å². The van der Waals surface area contributed by atoms with Gasteiger partial charge in [-0.25, -0.2) is 4.98 Å². The Kier molecular flexibility index (Phi) is 4.13. The maximum absolute atomic E-state index is 11.9. The molecule has 3 heterocycles. The normalized spacial score (nSPS) is 18.3. The van der Waals surface area contributed by atoms with Crippen molar-refractivity contribution in [3.8, 4) is 10.8 Å².